The number of phenols is 1. The van der Waals surface area contributed by atoms with E-state index >= 15 is 0 Å². The van der Waals surface area contributed by atoms with E-state index in [0.29, 0.717) is 5.56 Å². The summed E-state index contributed by atoms with van der Waals surface area (Å²) < 4.78 is 4.74. The van der Waals surface area contributed by atoms with Crippen LogP contribution < -0.4 is 10.5 Å². The Morgan fingerprint density at radius 3 is 2.76 bits per heavy atom. The molecule has 1 aromatic rings. The average Bonchev–Trinajstić information content (AvgIpc) is 2.20. The van der Waals surface area contributed by atoms with Crippen LogP contribution in [0.3, 0.4) is 0 Å². The molecular formula is C11H13ClN2O3. The molecule has 0 bridgehead atoms. The van der Waals surface area contributed by atoms with Gasteiger partial charge >= 0.3 is 5.97 Å². The Bertz CT molecular complexity index is 443. The minimum absolute atomic E-state index is 0. The van der Waals surface area contributed by atoms with Crippen LogP contribution in [-0.2, 0) is 4.79 Å². The van der Waals surface area contributed by atoms with Crippen LogP contribution in [0.2, 0.25) is 0 Å². The summed E-state index contributed by atoms with van der Waals surface area (Å²) in [7, 11) is 0. The lowest BCUT2D eigenvalue weighted by Gasteiger charge is -2.10. The zero-order valence-electron chi connectivity index (χ0n) is 9.21. The number of carbonyl (C=O) groups is 1. The molecule has 0 fully saturated rings. The van der Waals surface area contributed by atoms with Crippen molar-refractivity contribution in [2.75, 3.05) is 0 Å². The summed E-state index contributed by atoms with van der Waals surface area (Å²) in [5.41, 5.74) is 6.30. The number of ether oxygens (including phenoxy) is 1. The summed E-state index contributed by atoms with van der Waals surface area (Å²) in [5, 5.41) is 18.0. The average molecular weight is 257 g/mol. The number of nitriles is 1. The number of hydrogen-bond donors (Lipinski definition) is 2. The first kappa shape index (κ1) is 15.2. The van der Waals surface area contributed by atoms with Gasteiger partial charge in [0, 0.05) is 13.0 Å². The van der Waals surface area contributed by atoms with Crippen molar-refractivity contribution in [2.45, 2.75) is 19.4 Å². The number of nitrogens with zero attached hydrogens (tertiary/aromatic N) is 1. The highest BCUT2D eigenvalue weighted by molar-refractivity contribution is 5.85. The second kappa shape index (κ2) is 6.74. The van der Waals surface area contributed by atoms with Crippen molar-refractivity contribution in [3.63, 3.8) is 0 Å². The molecule has 0 heterocycles. The van der Waals surface area contributed by atoms with E-state index in [4.69, 9.17) is 15.7 Å². The number of halogens is 1. The predicted molar refractivity (Wildman–Crippen MR) is 63.8 cm³/mol. The summed E-state index contributed by atoms with van der Waals surface area (Å²) in [4.78, 5) is 10.7. The number of aromatic hydroxyl groups is 1. The minimum Gasteiger partial charge on any atom is -0.504 e. The Morgan fingerprint density at radius 1 is 1.65 bits per heavy atom. The van der Waals surface area contributed by atoms with Gasteiger partial charge in [-0.1, -0.05) is 6.07 Å². The normalized spacial score (nSPS) is 10.9. The second-order valence-corrected chi connectivity index (χ2v) is 3.29. The second-order valence-electron chi connectivity index (χ2n) is 3.29. The Kier molecular flexibility index (Phi) is 6.03. The van der Waals surface area contributed by atoms with Gasteiger partial charge in [0.25, 0.3) is 0 Å². The highest BCUT2D eigenvalue weighted by atomic mass is 35.5. The van der Waals surface area contributed by atoms with E-state index in [9.17, 15) is 9.90 Å². The highest BCUT2D eigenvalue weighted by Crippen LogP contribution is 2.29. The molecule has 0 unspecified atom stereocenters. The smallest absolute Gasteiger partial charge is 0.308 e. The van der Waals surface area contributed by atoms with Gasteiger partial charge in [-0.05, 0) is 17.7 Å². The standard InChI is InChI=1S/C11H12N2O3.ClH/c1-7(14)16-11-3-2-8(6-10(11)15)9(13)4-5-12;/h2-3,6,9,15H,4,13H2,1H3;1H/t9-;/m0./s1. The van der Waals surface area contributed by atoms with E-state index in [-0.39, 0.29) is 30.3 Å². The van der Waals surface area contributed by atoms with Crippen molar-refractivity contribution >= 4 is 18.4 Å². The summed E-state index contributed by atoms with van der Waals surface area (Å²) in [6, 6.07) is 5.93. The van der Waals surface area contributed by atoms with Crippen molar-refractivity contribution < 1.29 is 14.6 Å². The third-order valence-electron chi connectivity index (χ3n) is 1.98. The van der Waals surface area contributed by atoms with Gasteiger partial charge in [-0.3, -0.25) is 4.79 Å². The molecule has 0 aromatic heterocycles. The molecular weight excluding hydrogens is 244 g/mol. The maximum atomic E-state index is 10.7. The van der Waals surface area contributed by atoms with E-state index in [2.05, 4.69) is 0 Å². The van der Waals surface area contributed by atoms with Crippen molar-refractivity contribution in [3.8, 4) is 17.6 Å². The Morgan fingerprint density at radius 2 is 2.29 bits per heavy atom. The zero-order chi connectivity index (χ0) is 12.1. The fraction of sp³-hybridized carbons (Fsp3) is 0.273. The van der Waals surface area contributed by atoms with Crippen LogP contribution in [0.15, 0.2) is 18.2 Å². The van der Waals surface area contributed by atoms with Crippen LogP contribution in [0.4, 0.5) is 0 Å². The number of benzene rings is 1. The molecule has 6 heteroatoms. The number of esters is 1. The van der Waals surface area contributed by atoms with Crippen molar-refractivity contribution in [1.29, 1.82) is 5.26 Å². The van der Waals surface area contributed by atoms with Crippen molar-refractivity contribution in [3.05, 3.63) is 23.8 Å². The van der Waals surface area contributed by atoms with Crippen molar-refractivity contribution in [2.24, 2.45) is 5.73 Å². The largest absolute Gasteiger partial charge is 0.504 e. The quantitative estimate of drug-likeness (QED) is 0.633. The lowest BCUT2D eigenvalue weighted by Crippen LogP contribution is -2.09. The SMILES string of the molecule is CC(=O)Oc1ccc([C@@H](N)CC#N)cc1O.Cl. The van der Waals surface area contributed by atoms with E-state index in [1.807, 2.05) is 6.07 Å². The number of hydrogen-bond acceptors (Lipinski definition) is 5. The lowest BCUT2D eigenvalue weighted by atomic mass is 10.0. The van der Waals surface area contributed by atoms with Gasteiger partial charge in [0.05, 0.1) is 12.5 Å². The molecule has 17 heavy (non-hydrogen) atoms. The fourth-order valence-corrected chi connectivity index (χ4v) is 1.22. The third kappa shape index (κ3) is 4.31. The number of rotatable bonds is 3. The molecule has 1 aromatic carbocycles. The summed E-state index contributed by atoms with van der Waals surface area (Å²) in [6.45, 7) is 1.24. The first-order chi connectivity index (χ1) is 7.54. The maximum Gasteiger partial charge on any atom is 0.308 e. The Balaban J connectivity index is 0.00000256. The van der Waals surface area contributed by atoms with E-state index < -0.39 is 12.0 Å². The third-order valence-corrected chi connectivity index (χ3v) is 1.98. The number of phenolic OH excluding ortho intramolecular Hbond substituents is 1. The summed E-state index contributed by atoms with van der Waals surface area (Å²) in [6.07, 6.45) is 0.159. The summed E-state index contributed by atoms with van der Waals surface area (Å²) >= 11 is 0. The minimum atomic E-state index is -0.510. The highest BCUT2D eigenvalue weighted by Gasteiger charge is 2.10. The molecule has 5 nitrogen and oxygen atoms in total. The molecule has 92 valence electrons. The van der Waals surface area contributed by atoms with Crippen LogP contribution in [0.1, 0.15) is 24.9 Å². The molecule has 1 rings (SSSR count). The molecule has 0 saturated carbocycles. The van der Waals surface area contributed by atoms with Gasteiger partial charge in [0.15, 0.2) is 11.5 Å². The topological polar surface area (TPSA) is 96.3 Å². The van der Waals surface area contributed by atoms with E-state index in [1.165, 1.54) is 19.1 Å². The Labute approximate surface area is 105 Å². The van der Waals surface area contributed by atoms with Gasteiger partial charge in [-0.25, -0.2) is 0 Å². The Hall–Kier alpha value is -1.77. The monoisotopic (exact) mass is 256 g/mol. The molecule has 3 N–H and O–H groups in total. The molecule has 0 aliphatic carbocycles. The lowest BCUT2D eigenvalue weighted by molar-refractivity contribution is -0.132. The van der Waals surface area contributed by atoms with Crippen LogP contribution >= 0.6 is 12.4 Å². The number of carbonyl (C=O) groups excluding carboxylic acids is 1. The molecule has 0 aliphatic rings. The molecule has 1 atom stereocenters. The number of nitrogens with two attached hydrogens (primary N) is 1. The van der Waals surface area contributed by atoms with Gasteiger partial charge < -0.3 is 15.6 Å². The molecule has 0 aliphatic heterocycles. The van der Waals surface area contributed by atoms with Gasteiger partial charge in [-0.15, -0.1) is 12.4 Å². The van der Waals surface area contributed by atoms with Crippen LogP contribution in [0, 0.1) is 11.3 Å². The molecule has 0 saturated heterocycles. The molecule has 0 amide bonds. The first-order valence-electron chi connectivity index (χ1n) is 4.68. The molecule has 0 spiro atoms. The van der Waals surface area contributed by atoms with Crippen LogP contribution in [-0.4, -0.2) is 11.1 Å². The first-order valence-corrected chi connectivity index (χ1v) is 4.68. The van der Waals surface area contributed by atoms with Gasteiger partial charge in [0.2, 0.25) is 0 Å². The van der Waals surface area contributed by atoms with Crippen LogP contribution in [0.5, 0.6) is 11.5 Å². The fourth-order valence-electron chi connectivity index (χ4n) is 1.22. The maximum absolute atomic E-state index is 10.7. The summed E-state index contributed by atoms with van der Waals surface area (Å²) in [5.74, 6) is -0.592. The zero-order valence-corrected chi connectivity index (χ0v) is 10.0. The van der Waals surface area contributed by atoms with E-state index in [0.717, 1.165) is 0 Å². The van der Waals surface area contributed by atoms with Crippen molar-refractivity contribution in [1.82, 2.24) is 0 Å². The van der Waals surface area contributed by atoms with E-state index in [1.54, 1.807) is 6.07 Å². The predicted octanol–water partition coefficient (Wildman–Crippen LogP) is 1.65. The van der Waals surface area contributed by atoms with Gasteiger partial charge in [-0.2, -0.15) is 5.26 Å². The molecule has 0 radical (unpaired) electrons. The van der Waals surface area contributed by atoms with Crippen LogP contribution in [0.25, 0.3) is 0 Å². The van der Waals surface area contributed by atoms with Gasteiger partial charge in [0.1, 0.15) is 0 Å².